The predicted octanol–water partition coefficient (Wildman–Crippen LogP) is 3.41. The second-order valence-electron chi connectivity index (χ2n) is 7.85. The van der Waals surface area contributed by atoms with E-state index in [1.165, 1.54) is 0 Å². The largest absolute Gasteiger partial charge is 0.497 e. The normalized spacial score (nSPS) is 17.6. The van der Waals surface area contributed by atoms with Gasteiger partial charge in [-0.15, -0.1) is 0 Å². The van der Waals surface area contributed by atoms with Gasteiger partial charge in [0.1, 0.15) is 11.4 Å². The van der Waals surface area contributed by atoms with Gasteiger partial charge in [0.25, 0.3) is 5.91 Å². The van der Waals surface area contributed by atoms with Crippen molar-refractivity contribution >= 4 is 12.0 Å². The molecule has 1 unspecified atom stereocenters. The van der Waals surface area contributed by atoms with Crippen molar-refractivity contribution in [1.29, 1.82) is 0 Å². The fourth-order valence-corrected chi connectivity index (χ4v) is 3.14. The molecule has 1 fully saturated rings. The van der Waals surface area contributed by atoms with Crippen molar-refractivity contribution in [2.75, 3.05) is 33.8 Å². The van der Waals surface area contributed by atoms with Crippen LogP contribution in [0.2, 0.25) is 0 Å². The lowest BCUT2D eigenvalue weighted by molar-refractivity contribution is 0.0244. The van der Waals surface area contributed by atoms with Gasteiger partial charge in [-0.3, -0.25) is 4.79 Å². The summed E-state index contributed by atoms with van der Waals surface area (Å²) < 4.78 is 10.6. The van der Waals surface area contributed by atoms with Crippen LogP contribution in [-0.4, -0.2) is 61.2 Å². The molecule has 1 saturated heterocycles. The highest BCUT2D eigenvalue weighted by Crippen LogP contribution is 2.22. The van der Waals surface area contributed by atoms with Crippen LogP contribution < -0.4 is 4.74 Å². The molecule has 144 valence electrons. The Bertz CT molecular complexity index is 639. The standard InChI is InChI=1S/C20H30N2O4/c1-20(2,3)26-19(24)21(4)13-15-8-7-11-22(14-15)18(23)16-9-6-10-17(12-16)25-5/h6,9-10,12,15H,7-8,11,13-14H2,1-5H3. The SMILES string of the molecule is COc1cccc(C(=O)N2CCCC(CN(C)C(=O)OC(C)(C)C)C2)c1. The zero-order valence-corrected chi connectivity index (χ0v) is 16.4. The molecular weight excluding hydrogens is 332 g/mol. The average molecular weight is 362 g/mol. The first-order valence-corrected chi connectivity index (χ1v) is 9.07. The number of carbonyl (C=O) groups is 2. The first kappa shape index (κ1) is 20.1. The van der Waals surface area contributed by atoms with Gasteiger partial charge < -0.3 is 19.3 Å². The number of piperidine rings is 1. The molecule has 0 spiro atoms. The lowest BCUT2D eigenvalue weighted by Crippen LogP contribution is -2.45. The molecule has 0 bridgehead atoms. The molecule has 2 amide bonds. The summed E-state index contributed by atoms with van der Waals surface area (Å²) in [4.78, 5) is 28.4. The predicted molar refractivity (Wildman–Crippen MR) is 100 cm³/mol. The smallest absolute Gasteiger partial charge is 0.410 e. The van der Waals surface area contributed by atoms with Crippen LogP contribution in [0.3, 0.4) is 0 Å². The summed E-state index contributed by atoms with van der Waals surface area (Å²) in [5.41, 5.74) is 0.122. The van der Waals surface area contributed by atoms with E-state index in [9.17, 15) is 9.59 Å². The van der Waals surface area contributed by atoms with Crippen LogP contribution in [-0.2, 0) is 4.74 Å². The molecule has 0 saturated carbocycles. The molecule has 0 aliphatic carbocycles. The molecule has 1 atom stereocenters. The number of methoxy groups -OCH3 is 1. The number of ether oxygens (including phenoxy) is 2. The number of likely N-dealkylation sites (tertiary alicyclic amines) is 1. The van der Waals surface area contributed by atoms with Gasteiger partial charge in [-0.1, -0.05) is 6.07 Å². The highest BCUT2D eigenvalue weighted by molar-refractivity contribution is 5.94. The van der Waals surface area contributed by atoms with Crippen LogP contribution in [0.4, 0.5) is 4.79 Å². The van der Waals surface area contributed by atoms with E-state index in [1.54, 1.807) is 31.2 Å². The number of rotatable bonds is 4. The van der Waals surface area contributed by atoms with Gasteiger partial charge in [0.15, 0.2) is 0 Å². The molecule has 1 aromatic carbocycles. The Morgan fingerprint density at radius 3 is 2.69 bits per heavy atom. The summed E-state index contributed by atoms with van der Waals surface area (Å²) in [6.45, 7) is 7.53. The van der Waals surface area contributed by atoms with Gasteiger partial charge in [-0.25, -0.2) is 4.79 Å². The molecule has 0 aromatic heterocycles. The van der Waals surface area contributed by atoms with Crippen molar-refractivity contribution in [3.05, 3.63) is 29.8 Å². The van der Waals surface area contributed by atoms with Crippen molar-refractivity contribution in [2.45, 2.75) is 39.2 Å². The van der Waals surface area contributed by atoms with Gasteiger partial charge in [-0.2, -0.15) is 0 Å². The van der Waals surface area contributed by atoms with Crippen LogP contribution in [0, 0.1) is 5.92 Å². The Morgan fingerprint density at radius 2 is 2.04 bits per heavy atom. The van der Waals surface area contributed by atoms with Crippen molar-refractivity contribution < 1.29 is 19.1 Å². The van der Waals surface area contributed by atoms with E-state index in [-0.39, 0.29) is 17.9 Å². The molecule has 6 nitrogen and oxygen atoms in total. The number of amides is 2. The third-order valence-corrected chi connectivity index (χ3v) is 4.36. The zero-order valence-electron chi connectivity index (χ0n) is 16.4. The van der Waals surface area contributed by atoms with E-state index >= 15 is 0 Å². The third kappa shape index (κ3) is 5.64. The lowest BCUT2D eigenvalue weighted by atomic mass is 9.97. The van der Waals surface area contributed by atoms with Crippen molar-refractivity contribution in [2.24, 2.45) is 5.92 Å². The Hall–Kier alpha value is -2.24. The minimum absolute atomic E-state index is 0.00789. The van der Waals surface area contributed by atoms with Gasteiger partial charge in [0.2, 0.25) is 0 Å². The van der Waals surface area contributed by atoms with Gasteiger partial charge in [-0.05, 0) is 57.7 Å². The molecule has 0 radical (unpaired) electrons. The zero-order chi connectivity index (χ0) is 19.3. The molecular formula is C20H30N2O4. The summed E-state index contributed by atoms with van der Waals surface area (Å²) in [5.74, 6) is 0.929. The maximum absolute atomic E-state index is 12.8. The van der Waals surface area contributed by atoms with E-state index < -0.39 is 5.60 Å². The second kappa shape index (κ2) is 8.43. The van der Waals surface area contributed by atoms with Crippen molar-refractivity contribution in [3.8, 4) is 5.75 Å². The van der Waals surface area contributed by atoms with Gasteiger partial charge >= 0.3 is 6.09 Å². The lowest BCUT2D eigenvalue weighted by Gasteiger charge is -2.35. The van der Waals surface area contributed by atoms with Crippen LogP contribution in [0.5, 0.6) is 5.75 Å². The average Bonchev–Trinajstić information content (AvgIpc) is 2.60. The second-order valence-corrected chi connectivity index (χ2v) is 7.85. The molecule has 1 aliphatic rings. The summed E-state index contributed by atoms with van der Waals surface area (Å²) in [6.07, 6.45) is 1.60. The van der Waals surface area contributed by atoms with Crippen molar-refractivity contribution in [1.82, 2.24) is 9.80 Å². The summed E-state index contributed by atoms with van der Waals surface area (Å²) in [5, 5.41) is 0. The number of benzene rings is 1. The topological polar surface area (TPSA) is 59.1 Å². The highest BCUT2D eigenvalue weighted by atomic mass is 16.6. The van der Waals surface area contributed by atoms with Crippen LogP contribution in [0.1, 0.15) is 44.0 Å². The van der Waals surface area contributed by atoms with E-state index in [4.69, 9.17) is 9.47 Å². The number of hydrogen-bond acceptors (Lipinski definition) is 4. The number of nitrogens with zero attached hydrogens (tertiary/aromatic N) is 2. The first-order chi connectivity index (χ1) is 12.2. The Balaban J connectivity index is 1.95. The quantitative estimate of drug-likeness (QED) is 0.823. The fourth-order valence-electron chi connectivity index (χ4n) is 3.14. The monoisotopic (exact) mass is 362 g/mol. The molecule has 0 N–H and O–H groups in total. The molecule has 1 aliphatic heterocycles. The first-order valence-electron chi connectivity index (χ1n) is 9.07. The fraction of sp³-hybridized carbons (Fsp3) is 0.600. The van der Waals surface area contributed by atoms with Crippen LogP contribution in [0.15, 0.2) is 24.3 Å². The number of hydrogen-bond donors (Lipinski definition) is 0. The van der Waals surface area contributed by atoms with Crippen LogP contribution >= 0.6 is 0 Å². The molecule has 1 aromatic rings. The highest BCUT2D eigenvalue weighted by Gasteiger charge is 2.28. The minimum atomic E-state index is -0.508. The minimum Gasteiger partial charge on any atom is -0.497 e. The van der Waals surface area contributed by atoms with E-state index in [1.807, 2.05) is 37.8 Å². The maximum Gasteiger partial charge on any atom is 0.410 e. The maximum atomic E-state index is 12.8. The molecule has 1 heterocycles. The molecule has 26 heavy (non-hydrogen) atoms. The third-order valence-electron chi connectivity index (χ3n) is 4.36. The Morgan fingerprint density at radius 1 is 1.31 bits per heavy atom. The van der Waals surface area contributed by atoms with E-state index in [0.717, 1.165) is 19.4 Å². The van der Waals surface area contributed by atoms with Gasteiger partial charge in [0, 0.05) is 32.2 Å². The van der Waals surface area contributed by atoms with E-state index in [2.05, 4.69) is 0 Å². The number of carbonyl (C=O) groups excluding carboxylic acids is 2. The van der Waals surface area contributed by atoms with E-state index in [0.29, 0.717) is 24.4 Å². The Kier molecular flexibility index (Phi) is 6.51. The van der Waals surface area contributed by atoms with Crippen LogP contribution in [0.25, 0.3) is 0 Å². The summed E-state index contributed by atoms with van der Waals surface area (Å²) in [7, 11) is 3.34. The summed E-state index contributed by atoms with van der Waals surface area (Å²) in [6, 6.07) is 7.22. The molecule has 2 rings (SSSR count). The Labute approximate surface area is 156 Å². The molecule has 6 heteroatoms. The summed E-state index contributed by atoms with van der Waals surface area (Å²) >= 11 is 0. The van der Waals surface area contributed by atoms with Crippen molar-refractivity contribution in [3.63, 3.8) is 0 Å². The van der Waals surface area contributed by atoms with Gasteiger partial charge in [0.05, 0.1) is 7.11 Å².